The van der Waals surface area contributed by atoms with E-state index in [-0.39, 0.29) is 12.5 Å². The van der Waals surface area contributed by atoms with Crippen LogP contribution in [0.5, 0.6) is 0 Å². The van der Waals surface area contributed by atoms with Crippen LogP contribution in [0.25, 0.3) is 0 Å². The lowest BCUT2D eigenvalue weighted by molar-refractivity contribution is -0.101. The second-order valence-electron chi connectivity index (χ2n) is 6.59. The van der Waals surface area contributed by atoms with Gasteiger partial charge in [0.2, 0.25) is 0 Å². The number of alkyl halides is 2. The fourth-order valence-corrected chi connectivity index (χ4v) is 3.41. The zero-order valence-corrected chi connectivity index (χ0v) is 14.0. The monoisotopic (exact) mass is 322 g/mol. The van der Waals surface area contributed by atoms with Gasteiger partial charge in [0.25, 0.3) is 6.43 Å². The van der Waals surface area contributed by atoms with E-state index in [0.717, 1.165) is 44.1 Å². The van der Waals surface area contributed by atoms with Crippen LogP contribution in [0.15, 0.2) is 36.9 Å². The van der Waals surface area contributed by atoms with Crippen LogP contribution in [-0.2, 0) is 17.8 Å². The Balaban J connectivity index is 1.88. The molecule has 0 radical (unpaired) electrons. The van der Waals surface area contributed by atoms with Gasteiger partial charge >= 0.3 is 0 Å². The van der Waals surface area contributed by atoms with Gasteiger partial charge in [-0.15, -0.1) is 6.58 Å². The lowest BCUT2D eigenvalue weighted by Gasteiger charge is -2.32. The minimum Gasteiger partial charge on any atom is -0.367 e. The van der Waals surface area contributed by atoms with E-state index in [4.69, 9.17) is 4.74 Å². The van der Waals surface area contributed by atoms with Crippen LogP contribution in [-0.4, -0.2) is 12.5 Å². The van der Waals surface area contributed by atoms with Crippen LogP contribution in [0.3, 0.4) is 0 Å². The maximum Gasteiger partial charge on any atom is 0.264 e. The van der Waals surface area contributed by atoms with Crippen LogP contribution >= 0.6 is 0 Å². The molecule has 1 nitrogen and oxygen atoms in total. The number of ether oxygens (including phenoxy) is 1. The number of halogens is 2. The number of allylic oxidation sites excluding steroid dienone is 1. The van der Waals surface area contributed by atoms with Gasteiger partial charge in [0.15, 0.2) is 0 Å². The number of hydrogen-bond donors (Lipinski definition) is 0. The third kappa shape index (κ3) is 5.42. The van der Waals surface area contributed by atoms with E-state index in [0.29, 0.717) is 5.92 Å². The minimum atomic E-state index is -2.42. The molecule has 128 valence electrons. The highest BCUT2D eigenvalue weighted by Gasteiger charge is 2.33. The highest BCUT2D eigenvalue weighted by atomic mass is 19.3. The summed E-state index contributed by atoms with van der Waals surface area (Å²) in [5, 5.41) is 0. The summed E-state index contributed by atoms with van der Waals surface area (Å²) in [5.74, 6) is 0.446. The maximum atomic E-state index is 13.4. The second kappa shape index (κ2) is 9.17. The van der Waals surface area contributed by atoms with Crippen molar-refractivity contribution in [3.05, 3.63) is 48.0 Å². The van der Waals surface area contributed by atoms with Crippen LogP contribution in [0.4, 0.5) is 8.78 Å². The third-order valence-corrected chi connectivity index (χ3v) is 4.87. The van der Waals surface area contributed by atoms with Gasteiger partial charge in [-0.05, 0) is 55.1 Å². The van der Waals surface area contributed by atoms with E-state index in [2.05, 4.69) is 25.6 Å². The van der Waals surface area contributed by atoms with E-state index in [1.165, 1.54) is 5.56 Å². The zero-order chi connectivity index (χ0) is 16.7. The fraction of sp³-hybridized carbons (Fsp3) is 0.600. The van der Waals surface area contributed by atoms with Crippen molar-refractivity contribution in [1.82, 2.24) is 0 Å². The minimum absolute atomic E-state index is 0.0365. The number of aryl methyl sites for hydroxylation is 1. The van der Waals surface area contributed by atoms with Crippen molar-refractivity contribution in [3.63, 3.8) is 0 Å². The summed E-state index contributed by atoms with van der Waals surface area (Å²) in [6.07, 6.45) is 4.26. The normalized spacial score (nSPS) is 23.0. The summed E-state index contributed by atoms with van der Waals surface area (Å²) in [4.78, 5) is 0. The molecule has 0 N–H and O–H groups in total. The van der Waals surface area contributed by atoms with Crippen molar-refractivity contribution >= 4 is 0 Å². The Morgan fingerprint density at radius 1 is 1.13 bits per heavy atom. The second-order valence-corrected chi connectivity index (χ2v) is 6.59. The number of benzene rings is 1. The zero-order valence-electron chi connectivity index (χ0n) is 14.0. The largest absolute Gasteiger partial charge is 0.367 e. The fourth-order valence-electron chi connectivity index (χ4n) is 3.41. The molecule has 1 saturated carbocycles. The highest BCUT2D eigenvalue weighted by Crippen LogP contribution is 2.34. The van der Waals surface area contributed by atoms with Gasteiger partial charge in [0, 0.05) is 0 Å². The van der Waals surface area contributed by atoms with Gasteiger partial charge in [0.1, 0.15) is 6.10 Å². The first kappa shape index (κ1) is 18.1. The Kier molecular flexibility index (Phi) is 7.22. The summed E-state index contributed by atoms with van der Waals surface area (Å²) >= 11 is 0. The smallest absolute Gasteiger partial charge is 0.264 e. The molecule has 0 saturated heterocycles. The molecule has 23 heavy (non-hydrogen) atoms. The molecule has 1 aliphatic rings. The summed E-state index contributed by atoms with van der Waals surface area (Å²) in [7, 11) is 0. The molecule has 2 rings (SSSR count). The van der Waals surface area contributed by atoms with Gasteiger partial charge in [-0.1, -0.05) is 43.7 Å². The van der Waals surface area contributed by atoms with Gasteiger partial charge < -0.3 is 4.74 Å². The standard InChI is InChI=1S/C20H28F2O/c1-3-5-16-6-8-17(9-7-16)14-23-19(20(21)22)18-12-10-15(4-2)11-13-18/h4,6-9,15,18-20H,2-3,5,10-14H2,1H3. The predicted molar refractivity (Wildman–Crippen MR) is 90.7 cm³/mol. The molecule has 1 atom stereocenters. The van der Waals surface area contributed by atoms with Crippen molar-refractivity contribution in [1.29, 1.82) is 0 Å². The van der Waals surface area contributed by atoms with E-state index in [9.17, 15) is 8.78 Å². The molecule has 1 aliphatic carbocycles. The van der Waals surface area contributed by atoms with Crippen LogP contribution in [0, 0.1) is 11.8 Å². The molecule has 1 fully saturated rings. The summed E-state index contributed by atoms with van der Waals surface area (Å²) in [5.41, 5.74) is 2.25. The van der Waals surface area contributed by atoms with Gasteiger partial charge in [-0.3, -0.25) is 0 Å². The number of hydrogen-bond acceptors (Lipinski definition) is 1. The quantitative estimate of drug-likeness (QED) is 0.551. The molecule has 0 bridgehead atoms. The first-order chi connectivity index (χ1) is 11.1. The molecule has 1 aromatic carbocycles. The summed E-state index contributed by atoms with van der Waals surface area (Å²) in [6.45, 7) is 6.22. The average molecular weight is 322 g/mol. The van der Waals surface area contributed by atoms with Crippen LogP contribution in [0.2, 0.25) is 0 Å². The molecular formula is C20H28F2O. The first-order valence-electron chi connectivity index (χ1n) is 8.74. The molecule has 0 spiro atoms. The van der Waals surface area contributed by atoms with Crippen molar-refractivity contribution in [2.75, 3.05) is 0 Å². The van der Waals surface area contributed by atoms with Gasteiger partial charge in [-0.25, -0.2) is 8.78 Å². The lowest BCUT2D eigenvalue weighted by atomic mass is 9.79. The molecule has 0 heterocycles. The number of rotatable bonds is 8. The summed E-state index contributed by atoms with van der Waals surface area (Å²) in [6, 6.07) is 8.11. The van der Waals surface area contributed by atoms with Crippen molar-refractivity contribution < 1.29 is 13.5 Å². The Morgan fingerprint density at radius 2 is 1.74 bits per heavy atom. The molecule has 0 aliphatic heterocycles. The Hall–Kier alpha value is -1.22. The van der Waals surface area contributed by atoms with E-state index < -0.39 is 12.5 Å². The third-order valence-electron chi connectivity index (χ3n) is 4.87. The van der Waals surface area contributed by atoms with Crippen LogP contribution in [0.1, 0.15) is 50.2 Å². The maximum absolute atomic E-state index is 13.4. The van der Waals surface area contributed by atoms with E-state index in [1.54, 1.807) is 0 Å². The Morgan fingerprint density at radius 3 is 2.26 bits per heavy atom. The van der Waals surface area contributed by atoms with E-state index >= 15 is 0 Å². The molecule has 0 amide bonds. The SMILES string of the molecule is C=CC1CCC(C(OCc2ccc(CCC)cc2)C(F)F)CC1. The van der Waals surface area contributed by atoms with E-state index in [1.807, 2.05) is 18.2 Å². The first-order valence-corrected chi connectivity index (χ1v) is 8.74. The average Bonchev–Trinajstić information content (AvgIpc) is 2.57. The van der Waals surface area contributed by atoms with Crippen molar-refractivity contribution in [3.8, 4) is 0 Å². The van der Waals surface area contributed by atoms with Crippen molar-refractivity contribution in [2.45, 2.75) is 64.6 Å². The molecule has 1 aromatic rings. The Labute approximate surface area is 138 Å². The highest BCUT2D eigenvalue weighted by molar-refractivity contribution is 5.22. The van der Waals surface area contributed by atoms with Gasteiger partial charge in [0.05, 0.1) is 6.61 Å². The summed E-state index contributed by atoms with van der Waals surface area (Å²) < 4.78 is 32.4. The molecular weight excluding hydrogens is 294 g/mol. The van der Waals surface area contributed by atoms with Crippen molar-refractivity contribution in [2.24, 2.45) is 11.8 Å². The van der Waals surface area contributed by atoms with Crippen LogP contribution < -0.4 is 0 Å². The Bertz CT molecular complexity index is 461. The molecule has 0 aromatic heterocycles. The van der Waals surface area contributed by atoms with Gasteiger partial charge in [-0.2, -0.15) is 0 Å². The lowest BCUT2D eigenvalue weighted by Crippen LogP contribution is -2.33. The predicted octanol–water partition coefficient (Wildman–Crippen LogP) is 5.78. The topological polar surface area (TPSA) is 9.23 Å². The molecule has 3 heteroatoms. The molecule has 1 unspecified atom stereocenters.